The van der Waals surface area contributed by atoms with E-state index in [0.29, 0.717) is 0 Å². The molecule has 0 heterocycles. The van der Waals surface area contributed by atoms with Crippen LogP contribution in [-0.4, -0.2) is 22.2 Å². The van der Waals surface area contributed by atoms with Gasteiger partial charge in [-0.05, 0) is 44.5 Å². The molecule has 0 fully saturated rings. The molecule has 0 bridgehead atoms. The molecule has 4 aromatic rings. The molecule has 0 amide bonds. The van der Waals surface area contributed by atoms with Crippen LogP contribution in [0.4, 0.5) is 0 Å². The Bertz CT molecular complexity index is 1240. The van der Waals surface area contributed by atoms with E-state index in [1.165, 1.54) is 0 Å². The maximum atomic E-state index is 11.2. The fraction of sp³-hybridized carbons (Fsp3) is 0.103. The van der Waals surface area contributed by atoms with Crippen LogP contribution in [0.2, 0.25) is 0 Å². The van der Waals surface area contributed by atoms with Crippen molar-refractivity contribution < 1.29 is 19.8 Å². The van der Waals surface area contributed by atoms with Crippen molar-refractivity contribution in [3.63, 3.8) is 0 Å². The van der Waals surface area contributed by atoms with E-state index in [0.717, 1.165) is 44.5 Å². The summed E-state index contributed by atoms with van der Waals surface area (Å²) in [4.78, 5) is 22.4. The van der Waals surface area contributed by atoms with Gasteiger partial charge in [-0.1, -0.05) is 97.1 Å². The average Bonchev–Trinajstić information content (AvgIpc) is 3.11. The third-order valence-electron chi connectivity index (χ3n) is 6.44. The first-order valence-electron chi connectivity index (χ1n) is 10.8. The highest BCUT2D eigenvalue weighted by atomic mass is 16.4. The number of hydrogen-bond donors (Lipinski definition) is 2. The largest absolute Gasteiger partial charge is 0.481 e. The zero-order valence-electron chi connectivity index (χ0n) is 17.9. The summed E-state index contributed by atoms with van der Waals surface area (Å²) in [5, 5.41) is 18.4. The molecule has 33 heavy (non-hydrogen) atoms. The quantitative estimate of drug-likeness (QED) is 0.380. The molecule has 0 radical (unpaired) electrons. The van der Waals surface area contributed by atoms with Gasteiger partial charge in [0, 0.05) is 0 Å². The fourth-order valence-electron chi connectivity index (χ4n) is 5.12. The molecule has 0 aliphatic heterocycles. The van der Waals surface area contributed by atoms with Gasteiger partial charge in [0.1, 0.15) is 0 Å². The van der Waals surface area contributed by atoms with Gasteiger partial charge in [0.05, 0.1) is 18.3 Å². The summed E-state index contributed by atoms with van der Waals surface area (Å²) in [6, 6.07) is 32.3. The third kappa shape index (κ3) is 3.40. The summed E-state index contributed by atoms with van der Waals surface area (Å²) in [6.45, 7) is 0. The molecule has 0 saturated carbocycles. The van der Waals surface area contributed by atoms with Crippen molar-refractivity contribution in [2.45, 2.75) is 18.3 Å². The number of carbonyl (C=O) groups is 2. The monoisotopic (exact) mass is 434 g/mol. The number of aliphatic carboxylic acids is 2. The molecule has 0 saturated heterocycles. The predicted octanol–water partition coefficient (Wildman–Crippen LogP) is 5.30. The molecule has 2 N–H and O–H groups in total. The zero-order chi connectivity index (χ0) is 23.0. The molecule has 1 aliphatic rings. The van der Waals surface area contributed by atoms with E-state index in [9.17, 15) is 19.8 Å². The lowest BCUT2D eigenvalue weighted by molar-refractivity contribution is -0.137. The summed E-state index contributed by atoms with van der Waals surface area (Å²) < 4.78 is 0. The SMILES string of the molecule is O=C(O)Cc1ccc(C2(c3ccc(CC(=O)O)cc3)c3ccccc3-c3ccccc32)cc1. The zero-order valence-corrected chi connectivity index (χ0v) is 17.9. The van der Waals surface area contributed by atoms with E-state index in [1.54, 1.807) is 0 Å². The molecule has 0 atom stereocenters. The van der Waals surface area contributed by atoms with E-state index < -0.39 is 17.4 Å². The molecule has 5 rings (SSSR count). The Morgan fingerprint density at radius 2 is 0.909 bits per heavy atom. The van der Waals surface area contributed by atoms with E-state index in [4.69, 9.17) is 0 Å². The van der Waals surface area contributed by atoms with Crippen LogP contribution in [0.25, 0.3) is 11.1 Å². The predicted molar refractivity (Wildman–Crippen MR) is 126 cm³/mol. The smallest absolute Gasteiger partial charge is 0.307 e. The molecule has 0 spiro atoms. The number of fused-ring (bicyclic) bond motifs is 3. The number of rotatable bonds is 6. The highest BCUT2D eigenvalue weighted by molar-refractivity contribution is 5.86. The first-order chi connectivity index (χ1) is 16.0. The van der Waals surface area contributed by atoms with Gasteiger partial charge in [-0.2, -0.15) is 0 Å². The number of benzene rings is 4. The summed E-state index contributed by atoms with van der Waals surface area (Å²) in [6.07, 6.45) is -0.0469. The van der Waals surface area contributed by atoms with Gasteiger partial charge >= 0.3 is 11.9 Å². The van der Waals surface area contributed by atoms with Crippen LogP contribution in [-0.2, 0) is 27.8 Å². The van der Waals surface area contributed by atoms with E-state index in [2.05, 4.69) is 24.3 Å². The van der Waals surface area contributed by atoms with Gasteiger partial charge in [-0.15, -0.1) is 0 Å². The standard InChI is InChI=1S/C29H22O4/c30-27(31)17-19-9-13-21(14-10-19)29(22-15-11-20(12-16-22)18-28(32)33)25-7-3-1-5-23(25)24-6-2-4-8-26(24)29/h1-16H,17-18H2,(H,30,31)(H,32,33). The van der Waals surface area contributed by atoms with Gasteiger partial charge in [0.25, 0.3) is 0 Å². The lowest BCUT2D eigenvalue weighted by atomic mass is 9.67. The number of carboxylic acids is 2. The molecule has 0 aromatic heterocycles. The van der Waals surface area contributed by atoms with Crippen LogP contribution in [0.15, 0.2) is 97.1 Å². The first kappa shape index (κ1) is 20.7. The Morgan fingerprint density at radius 3 is 1.27 bits per heavy atom. The van der Waals surface area contributed by atoms with Crippen molar-refractivity contribution in [1.82, 2.24) is 0 Å². The summed E-state index contributed by atoms with van der Waals surface area (Å²) in [5.41, 5.74) is 7.63. The minimum absolute atomic E-state index is 0.0235. The van der Waals surface area contributed by atoms with Crippen molar-refractivity contribution in [1.29, 1.82) is 0 Å². The normalized spacial score (nSPS) is 13.2. The lowest BCUT2D eigenvalue weighted by Crippen LogP contribution is -2.28. The molecule has 4 aromatic carbocycles. The Hall–Kier alpha value is -4.18. The lowest BCUT2D eigenvalue weighted by Gasteiger charge is -2.34. The highest BCUT2D eigenvalue weighted by Crippen LogP contribution is 2.55. The molecule has 162 valence electrons. The average molecular weight is 434 g/mol. The van der Waals surface area contributed by atoms with Gasteiger partial charge in [-0.3, -0.25) is 9.59 Å². The molecule has 4 nitrogen and oxygen atoms in total. The van der Waals surface area contributed by atoms with Crippen LogP contribution in [0.1, 0.15) is 33.4 Å². The van der Waals surface area contributed by atoms with Gasteiger partial charge in [0.15, 0.2) is 0 Å². The summed E-state index contributed by atoms with van der Waals surface area (Å²) in [7, 11) is 0. The molecule has 4 heteroatoms. The summed E-state index contributed by atoms with van der Waals surface area (Å²) >= 11 is 0. The second-order valence-electron chi connectivity index (χ2n) is 8.38. The van der Waals surface area contributed by atoms with Crippen LogP contribution in [0.3, 0.4) is 0 Å². The minimum atomic E-state index is -0.858. The first-order valence-corrected chi connectivity index (χ1v) is 10.8. The van der Waals surface area contributed by atoms with Crippen molar-refractivity contribution in [3.8, 4) is 11.1 Å². The van der Waals surface area contributed by atoms with E-state index in [-0.39, 0.29) is 12.8 Å². The number of hydrogen-bond acceptors (Lipinski definition) is 2. The Labute approximate surface area is 191 Å². The van der Waals surface area contributed by atoms with E-state index >= 15 is 0 Å². The summed E-state index contributed by atoms with van der Waals surface area (Å²) in [5.74, 6) is -1.72. The van der Waals surface area contributed by atoms with Crippen LogP contribution >= 0.6 is 0 Å². The van der Waals surface area contributed by atoms with Crippen LogP contribution < -0.4 is 0 Å². The van der Waals surface area contributed by atoms with Crippen molar-refractivity contribution in [3.05, 3.63) is 130 Å². The minimum Gasteiger partial charge on any atom is -0.481 e. The Kier molecular flexibility index (Phi) is 5.06. The molecule has 1 aliphatic carbocycles. The van der Waals surface area contributed by atoms with Gasteiger partial charge in [0.2, 0.25) is 0 Å². The second-order valence-corrected chi connectivity index (χ2v) is 8.38. The molecular weight excluding hydrogens is 412 g/mol. The van der Waals surface area contributed by atoms with Crippen LogP contribution in [0.5, 0.6) is 0 Å². The van der Waals surface area contributed by atoms with Crippen molar-refractivity contribution >= 4 is 11.9 Å². The maximum absolute atomic E-state index is 11.2. The Balaban J connectivity index is 1.77. The second kappa shape index (κ2) is 8.06. The Morgan fingerprint density at radius 1 is 0.545 bits per heavy atom. The number of carboxylic acid groups (broad SMARTS) is 2. The van der Waals surface area contributed by atoms with Gasteiger partial charge in [-0.25, -0.2) is 0 Å². The highest BCUT2D eigenvalue weighted by Gasteiger charge is 2.45. The van der Waals surface area contributed by atoms with Crippen LogP contribution in [0, 0.1) is 0 Å². The van der Waals surface area contributed by atoms with Gasteiger partial charge < -0.3 is 10.2 Å². The molecule has 0 unspecified atom stereocenters. The fourth-order valence-corrected chi connectivity index (χ4v) is 5.12. The van der Waals surface area contributed by atoms with E-state index in [1.807, 2.05) is 72.8 Å². The topological polar surface area (TPSA) is 74.6 Å². The van der Waals surface area contributed by atoms with Crippen molar-refractivity contribution in [2.24, 2.45) is 0 Å². The maximum Gasteiger partial charge on any atom is 0.307 e. The third-order valence-corrected chi connectivity index (χ3v) is 6.44. The van der Waals surface area contributed by atoms with Crippen molar-refractivity contribution in [2.75, 3.05) is 0 Å². The molecular formula is C29H22O4.